The molecule has 1 rings (SSSR count). The van der Waals surface area contributed by atoms with E-state index in [1.807, 2.05) is 0 Å². The van der Waals surface area contributed by atoms with Gasteiger partial charge in [0.2, 0.25) is 0 Å². The molecule has 1 saturated heterocycles. The van der Waals surface area contributed by atoms with Crippen molar-refractivity contribution in [3.63, 3.8) is 0 Å². The van der Waals surface area contributed by atoms with Gasteiger partial charge in [-0.2, -0.15) is 0 Å². The van der Waals surface area contributed by atoms with Crippen LogP contribution in [-0.4, -0.2) is 36.6 Å². The minimum atomic E-state index is 0.623. The van der Waals surface area contributed by atoms with Crippen molar-refractivity contribution in [2.75, 3.05) is 19.6 Å². The first kappa shape index (κ1) is 12.0. The Morgan fingerprint density at radius 1 is 1.07 bits per heavy atom. The first-order chi connectivity index (χ1) is 6.75. The lowest BCUT2D eigenvalue weighted by Crippen LogP contribution is -2.47. The number of hydrogen-bond donors (Lipinski definition) is 1. The lowest BCUT2D eigenvalue weighted by molar-refractivity contribution is 0.182. The zero-order valence-corrected chi connectivity index (χ0v) is 10.1. The predicted molar refractivity (Wildman–Crippen MR) is 62.6 cm³/mol. The standard InChI is InChI=1S/C12H26N2/c1-4-13-11(2)12(3)14-9-7-5-6-8-10-14/h11-13H,4-10H2,1-3H3. The van der Waals surface area contributed by atoms with Gasteiger partial charge in [0.15, 0.2) is 0 Å². The fourth-order valence-electron chi connectivity index (χ4n) is 2.31. The van der Waals surface area contributed by atoms with Crippen molar-refractivity contribution < 1.29 is 0 Å². The van der Waals surface area contributed by atoms with Crippen LogP contribution in [0.2, 0.25) is 0 Å². The minimum Gasteiger partial charge on any atom is -0.313 e. The van der Waals surface area contributed by atoms with E-state index in [9.17, 15) is 0 Å². The Morgan fingerprint density at radius 3 is 2.14 bits per heavy atom. The summed E-state index contributed by atoms with van der Waals surface area (Å²) < 4.78 is 0. The second-order valence-electron chi connectivity index (χ2n) is 4.54. The van der Waals surface area contributed by atoms with Crippen LogP contribution in [0, 0.1) is 0 Å². The van der Waals surface area contributed by atoms with Gasteiger partial charge in [-0.15, -0.1) is 0 Å². The lowest BCUT2D eigenvalue weighted by atomic mass is 10.1. The first-order valence-electron chi connectivity index (χ1n) is 6.23. The maximum Gasteiger partial charge on any atom is 0.0218 e. The molecule has 0 bridgehead atoms. The van der Waals surface area contributed by atoms with Crippen molar-refractivity contribution in [3.8, 4) is 0 Å². The van der Waals surface area contributed by atoms with Crippen molar-refractivity contribution in [1.82, 2.24) is 10.2 Å². The summed E-state index contributed by atoms with van der Waals surface area (Å²) >= 11 is 0. The molecular weight excluding hydrogens is 172 g/mol. The van der Waals surface area contributed by atoms with E-state index in [4.69, 9.17) is 0 Å². The van der Waals surface area contributed by atoms with E-state index < -0.39 is 0 Å². The summed E-state index contributed by atoms with van der Waals surface area (Å²) in [6, 6.07) is 1.31. The molecule has 2 nitrogen and oxygen atoms in total. The van der Waals surface area contributed by atoms with Gasteiger partial charge in [0.25, 0.3) is 0 Å². The zero-order chi connectivity index (χ0) is 10.4. The summed E-state index contributed by atoms with van der Waals surface area (Å²) in [5.41, 5.74) is 0. The second-order valence-corrected chi connectivity index (χ2v) is 4.54. The predicted octanol–water partition coefficient (Wildman–Crippen LogP) is 2.25. The van der Waals surface area contributed by atoms with Gasteiger partial charge in [-0.25, -0.2) is 0 Å². The maximum atomic E-state index is 3.52. The van der Waals surface area contributed by atoms with Gasteiger partial charge >= 0.3 is 0 Å². The molecule has 1 aliphatic rings. The van der Waals surface area contributed by atoms with E-state index in [0.717, 1.165) is 6.54 Å². The molecule has 2 heteroatoms. The summed E-state index contributed by atoms with van der Waals surface area (Å²) in [7, 11) is 0. The van der Waals surface area contributed by atoms with Crippen LogP contribution in [0.5, 0.6) is 0 Å². The molecule has 0 spiro atoms. The highest BCUT2D eigenvalue weighted by atomic mass is 15.2. The van der Waals surface area contributed by atoms with Crippen LogP contribution in [0.15, 0.2) is 0 Å². The first-order valence-corrected chi connectivity index (χ1v) is 6.23. The second kappa shape index (κ2) is 6.41. The Morgan fingerprint density at radius 2 is 1.64 bits per heavy atom. The van der Waals surface area contributed by atoms with Gasteiger partial charge in [-0.05, 0) is 46.3 Å². The third-order valence-electron chi connectivity index (χ3n) is 3.47. The molecule has 0 aromatic carbocycles. The van der Waals surface area contributed by atoms with Crippen molar-refractivity contribution in [2.24, 2.45) is 0 Å². The van der Waals surface area contributed by atoms with Gasteiger partial charge in [-0.1, -0.05) is 19.8 Å². The molecule has 0 aromatic rings. The van der Waals surface area contributed by atoms with E-state index in [-0.39, 0.29) is 0 Å². The lowest BCUT2D eigenvalue weighted by Gasteiger charge is -2.32. The molecule has 1 N–H and O–H groups in total. The van der Waals surface area contributed by atoms with Crippen LogP contribution in [0.3, 0.4) is 0 Å². The number of hydrogen-bond acceptors (Lipinski definition) is 2. The van der Waals surface area contributed by atoms with E-state index >= 15 is 0 Å². The minimum absolute atomic E-state index is 0.623. The highest BCUT2D eigenvalue weighted by Crippen LogP contribution is 2.14. The number of rotatable bonds is 4. The monoisotopic (exact) mass is 198 g/mol. The Labute approximate surface area is 89.1 Å². The maximum absolute atomic E-state index is 3.52. The molecule has 0 amide bonds. The van der Waals surface area contributed by atoms with Gasteiger partial charge in [0.05, 0.1) is 0 Å². The SMILES string of the molecule is CCNC(C)C(C)N1CCCCCC1. The Hall–Kier alpha value is -0.0800. The Kier molecular flexibility index (Phi) is 5.49. The summed E-state index contributed by atoms with van der Waals surface area (Å²) in [5, 5.41) is 3.52. The number of nitrogens with one attached hydrogen (secondary N) is 1. The molecule has 0 saturated carbocycles. The van der Waals surface area contributed by atoms with Crippen LogP contribution in [0.25, 0.3) is 0 Å². The summed E-state index contributed by atoms with van der Waals surface area (Å²) in [4.78, 5) is 2.65. The van der Waals surface area contributed by atoms with Gasteiger partial charge < -0.3 is 5.32 Å². The molecule has 14 heavy (non-hydrogen) atoms. The highest BCUT2D eigenvalue weighted by Gasteiger charge is 2.19. The Balaban J connectivity index is 2.36. The normalized spacial score (nSPS) is 24.2. The molecule has 2 unspecified atom stereocenters. The van der Waals surface area contributed by atoms with Gasteiger partial charge in [0.1, 0.15) is 0 Å². The Bertz CT molecular complexity index is 139. The van der Waals surface area contributed by atoms with E-state index in [1.54, 1.807) is 0 Å². The van der Waals surface area contributed by atoms with Gasteiger partial charge in [0, 0.05) is 12.1 Å². The third kappa shape index (κ3) is 3.58. The molecule has 1 aliphatic heterocycles. The van der Waals surface area contributed by atoms with Crippen molar-refractivity contribution in [1.29, 1.82) is 0 Å². The van der Waals surface area contributed by atoms with E-state index in [1.165, 1.54) is 38.8 Å². The molecule has 2 atom stereocenters. The summed E-state index contributed by atoms with van der Waals surface area (Å²) in [6.07, 6.45) is 5.64. The third-order valence-corrected chi connectivity index (χ3v) is 3.47. The van der Waals surface area contributed by atoms with Crippen LogP contribution in [0.4, 0.5) is 0 Å². The smallest absolute Gasteiger partial charge is 0.0218 e. The van der Waals surface area contributed by atoms with Crippen LogP contribution in [-0.2, 0) is 0 Å². The zero-order valence-electron chi connectivity index (χ0n) is 10.1. The number of likely N-dealkylation sites (N-methyl/N-ethyl adjacent to an activating group) is 1. The average molecular weight is 198 g/mol. The van der Waals surface area contributed by atoms with Crippen LogP contribution in [0.1, 0.15) is 46.5 Å². The van der Waals surface area contributed by atoms with Gasteiger partial charge in [-0.3, -0.25) is 4.90 Å². The quantitative estimate of drug-likeness (QED) is 0.745. The molecule has 0 aliphatic carbocycles. The van der Waals surface area contributed by atoms with E-state index in [0.29, 0.717) is 12.1 Å². The molecule has 0 radical (unpaired) electrons. The summed E-state index contributed by atoms with van der Waals surface area (Å²) in [6.45, 7) is 10.5. The highest BCUT2D eigenvalue weighted by molar-refractivity contribution is 4.78. The molecular formula is C12H26N2. The van der Waals surface area contributed by atoms with Crippen molar-refractivity contribution in [2.45, 2.75) is 58.5 Å². The fraction of sp³-hybridized carbons (Fsp3) is 1.00. The van der Waals surface area contributed by atoms with E-state index in [2.05, 4.69) is 31.0 Å². The van der Waals surface area contributed by atoms with Crippen molar-refractivity contribution in [3.05, 3.63) is 0 Å². The van der Waals surface area contributed by atoms with Crippen LogP contribution < -0.4 is 5.32 Å². The molecule has 84 valence electrons. The number of likely N-dealkylation sites (tertiary alicyclic amines) is 1. The topological polar surface area (TPSA) is 15.3 Å². The molecule has 1 fully saturated rings. The number of nitrogens with zero attached hydrogens (tertiary/aromatic N) is 1. The molecule has 1 heterocycles. The average Bonchev–Trinajstić information content (AvgIpc) is 2.45. The van der Waals surface area contributed by atoms with Crippen molar-refractivity contribution >= 4 is 0 Å². The van der Waals surface area contributed by atoms with Crippen LogP contribution >= 0.6 is 0 Å². The fourth-order valence-corrected chi connectivity index (χ4v) is 2.31. The molecule has 0 aromatic heterocycles. The largest absolute Gasteiger partial charge is 0.313 e. The summed E-state index contributed by atoms with van der Waals surface area (Å²) in [5.74, 6) is 0.